The summed E-state index contributed by atoms with van der Waals surface area (Å²) in [5.74, 6) is -0.790. The summed E-state index contributed by atoms with van der Waals surface area (Å²) in [7, 11) is 0. The van der Waals surface area contributed by atoms with E-state index in [0.29, 0.717) is 17.8 Å². The first kappa shape index (κ1) is 10.5. The fourth-order valence-electron chi connectivity index (χ4n) is 1.32. The Balaban J connectivity index is 2.02. The zero-order chi connectivity index (χ0) is 11.4. The van der Waals surface area contributed by atoms with Crippen LogP contribution >= 0.6 is 0 Å². The van der Waals surface area contributed by atoms with E-state index >= 15 is 0 Å². The van der Waals surface area contributed by atoms with Gasteiger partial charge in [0.25, 0.3) is 0 Å². The smallest absolute Gasteiger partial charge is 0.212 e. The van der Waals surface area contributed by atoms with Gasteiger partial charge in [0.2, 0.25) is 5.95 Å². The second-order valence-electron chi connectivity index (χ2n) is 3.31. The van der Waals surface area contributed by atoms with Crippen molar-refractivity contribution in [2.75, 3.05) is 5.32 Å². The SMILES string of the molecule is Fc1ccc(NCc2ccccc2F)cn1. The Kier molecular flexibility index (Phi) is 3.10. The predicted octanol–water partition coefficient (Wildman–Crippen LogP) is 2.97. The Bertz CT molecular complexity index is 469. The number of benzene rings is 1. The molecule has 1 N–H and O–H groups in total. The molecule has 0 saturated carbocycles. The van der Waals surface area contributed by atoms with Gasteiger partial charge in [-0.1, -0.05) is 18.2 Å². The third-order valence-corrected chi connectivity index (χ3v) is 2.17. The summed E-state index contributed by atoms with van der Waals surface area (Å²) >= 11 is 0. The van der Waals surface area contributed by atoms with Crippen LogP contribution in [0.3, 0.4) is 0 Å². The normalized spacial score (nSPS) is 10.1. The molecule has 2 rings (SSSR count). The lowest BCUT2D eigenvalue weighted by Crippen LogP contribution is -2.02. The maximum Gasteiger partial charge on any atom is 0.212 e. The first-order chi connectivity index (χ1) is 7.75. The molecule has 0 radical (unpaired) electrons. The molecule has 0 bridgehead atoms. The highest BCUT2D eigenvalue weighted by Crippen LogP contribution is 2.10. The van der Waals surface area contributed by atoms with E-state index < -0.39 is 5.95 Å². The largest absolute Gasteiger partial charge is 0.380 e. The van der Waals surface area contributed by atoms with Gasteiger partial charge in [-0.05, 0) is 18.2 Å². The van der Waals surface area contributed by atoms with E-state index in [1.165, 1.54) is 18.3 Å². The molecule has 1 aromatic heterocycles. The molecule has 0 spiro atoms. The molecule has 0 atom stereocenters. The fraction of sp³-hybridized carbons (Fsp3) is 0.0833. The van der Waals surface area contributed by atoms with Gasteiger partial charge in [0.15, 0.2) is 0 Å². The predicted molar refractivity (Wildman–Crippen MR) is 57.9 cm³/mol. The molecule has 1 aromatic carbocycles. The number of hydrogen-bond donors (Lipinski definition) is 1. The van der Waals surface area contributed by atoms with E-state index in [0.717, 1.165) is 0 Å². The number of pyridine rings is 1. The average molecular weight is 220 g/mol. The van der Waals surface area contributed by atoms with Crippen LogP contribution in [0.2, 0.25) is 0 Å². The first-order valence-electron chi connectivity index (χ1n) is 4.84. The van der Waals surface area contributed by atoms with Gasteiger partial charge in [-0.15, -0.1) is 0 Å². The highest BCUT2D eigenvalue weighted by atomic mass is 19.1. The lowest BCUT2D eigenvalue weighted by Gasteiger charge is -2.06. The minimum absolute atomic E-state index is 0.259. The van der Waals surface area contributed by atoms with Crippen LogP contribution in [0.25, 0.3) is 0 Å². The molecule has 2 aromatic rings. The van der Waals surface area contributed by atoms with Crippen molar-refractivity contribution < 1.29 is 8.78 Å². The second kappa shape index (κ2) is 4.70. The number of nitrogens with one attached hydrogen (secondary N) is 1. The van der Waals surface area contributed by atoms with Crippen molar-refractivity contribution in [1.82, 2.24) is 4.98 Å². The highest BCUT2D eigenvalue weighted by molar-refractivity contribution is 5.40. The van der Waals surface area contributed by atoms with Gasteiger partial charge < -0.3 is 5.32 Å². The van der Waals surface area contributed by atoms with Crippen molar-refractivity contribution in [3.63, 3.8) is 0 Å². The summed E-state index contributed by atoms with van der Waals surface area (Å²) in [5, 5.41) is 2.96. The Hall–Kier alpha value is -1.97. The Morgan fingerprint density at radius 3 is 2.56 bits per heavy atom. The fourth-order valence-corrected chi connectivity index (χ4v) is 1.32. The van der Waals surface area contributed by atoms with Crippen LogP contribution in [-0.4, -0.2) is 4.98 Å². The molecular weight excluding hydrogens is 210 g/mol. The topological polar surface area (TPSA) is 24.9 Å². The van der Waals surface area contributed by atoms with Gasteiger partial charge in [-0.2, -0.15) is 4.39 Å². The number of nitrogens with zero attached hydrogens (tertiary/aromatic N) is 1. The lowest BCUT2D eigenvalue weighted by atomic mass is 10.2. The number of rotatable bonds is 3. The molecule has 0 amide bonds. The van der Waals surface area contributed by atoms with Crippen LogP contribution < -0.4 is 5.32 Å². The van der Waals surface area contributed by atoms with Gasteiger partial charge in [0, 0.05) is 12.1 Å². The summed E-state index contributed by atoms with van der Waals surface area (Å²) in [6, 6.07) is 9.31. The maximum absolute atomic E-state index is 13.2. The van der Waals surface area contributed by atoms with E-state index in [-0.39, 0.29) is 5.82 Å². The standard InChI is InChI=1S/C12H10F2N2/c13-11-4-2-1-3-9(11)7-15-10-5-6-12(14)16-8-10/h1-6,8,15H,7H2. The minimum Gasteiger partial charge on any atom is -0.380 e. The number of anilines is 1. The summed E-state index contributed by atoms with van der Waals surface area (Å²) in [6.45, 7) is 0.347. The molecule has 2 nitrogen and oxygen atoms in total. The highest BCUT2D eigenvalue weighted by Gasteiger charge is 2.00. The number of aromatic nitrogens is 1. The van der Waals surface area contributed by atoms with E-state index in [1.54, 1.807) is 24.3 Å². The van der Waals surface area contributed by atoms with Crippen LogP contribution in [0.15, 0.2) is 42.6 Å². The molecule has 16 heavy (non-hydrogen) atoms. The molecule has 0 aliphatic heterocycles. The first-order valence-corrected chi connectivity index (χ1v) is 4.84. The summed E-state index contributed by atoms with van der Waals surface area (Å²) < 4.78 is 25.8. The van der Waals surface area contributed by atoms with Crippen molar-refractivity contribution in [3.8, 4) is 0 Å². The molecule has 4 heteroatoms. The van der Waals surface area contributed by atoms with Gasteiger partial charge >= 0.3 is 0 Å². The third-order valence-electron chi connectivity index (χ3n) is 2.17. The molecule has 1 heterocycles. The lowest BCUT2D eigenvalue weighted by molar-refractivity contribution is 0.584. The molecule has 0 aliphatic carbocycles. The van der Waals surface area contributed by atoms with E-state index in [2.05, 4.69) is 10.3 Å². The second-order valence-corrected chi connectivity index (χ2v) is 3.31. The molecule has 0 fully saturated rings. The molecule has 0 unspecified atom stereocenters. The molecule has 0 aliphatic rings. The number of hydrogen-bond acceptors (Lipinski definition) is 2. The number of halogens is 2. The molecular formula is C12H10F2N2. The van der Waals surface area contributed by atoms with Crippen LogP contribution in [0.1, 0.15) is 5.56 Å². The van der Waals surface area contributed by atoms with Crippen molar-refractivity contribution in [1.29, 1.82) is 0 Å². The van der Waals surface area contributed by atoms with E-state index in [1.807, 2.05) is 0 Å². The van der Waals surface area contributed by atoms with E-state index in [9.17, 15) is 8.78 Å². The van der Waals surface area contributed by atoms with Crippen molar-refractivity contribution >= 4 is 5.69 Å². The van der Waals surface area contributed by atoms with Gasteiger partial charge in [0.05, 0.1) is 11.9 Å². The van der Waals surface area contributed by atoms with Crippen LogP contribution in [-0.2, 0) is 6.54 Å². The quantitative estimate of drug-likeness (QED) is 0.804. The van der Waals surface area contributed by atoms with Crippen LogP contribution in [0.4, 0.5) is 14.5 Å². The van der Waals surface area contributed by atoms with Crippen molar-refractivity contribution in [3.05, 3.63) is 59.9 Å². The van der Waals surface area contributed by atoms with Crippen molar-refractivity contribution in [2.45, 2.75) is 6.54 Å². The Morgan fingerprint density at radius 2 is 1.88 bits per heavy atom. The van der Waals surface area contributed by atoms with E-state index in [4.69, 9.17) is 0 Å². The van der Waals surface area contributed by atoms with Gasteiger partial charge in [0.1, 0.15) is 5.82 Å². The van der Waals surface area contributed by atoms with Gasteiger partial charge in [-0.3, -0.25) is 0 Å². The van der Waals surface area contributed by atoms with Crippen LogP contribution in [0, 0.1) is 11.8 Å². The Morgan fingerprint density at radius 1 is 1.06 bits per heavy atom. The summed E-state index contributed by atoms with van der Waals surface area (Å²) in [6.07, 6.45) is 1.37. The summed E-state index contributed by atoms with van der Waals surface area (Å²) in [4.78, 5) is 3.49. The minimum atomic E-state index is -0.531. The van der Waals surface area contributed by atoms with Gasteiger partial charge in [-0.25, -0.2) is 9.37 Å². The van der Waals surface area contributed by atoms with Crippen LogP contribution in [0.5, 0.6) is 0 Å². The Labute approximate surface area is 92.0 Å². The monoisotopic (exact) mass is 220 g/mol. The average Bonchev–Trinajstić information content (AvgIpc) is 2.30. The summed E-state index contributed by atoms with van der Waals surface area (Å²) in [5.41, 5.74) is 1.22. The zero-order valence-electron chi connectivity index (χ0n) is 8.45. The maximum atomic E-state index is 13.2. The third kappa shape index (κ3) is 2.53. The molecule has 82 valence electrons. The molecule has 0 saturated heterocycles. The van der Waals surface area contributed by atoms with Crippen molar-refractivity contribution in [2.24, 2.45) is 0 Å². The zero-order valence-corrected chi connectivity index (χ0v) is 8.45.